The van der Waals surface area contributed by atoms with Gasteiger partial charge in [-0.3, -0.25) is 4.99 Å². The van der Waals surface area contributed by atoms with Gasteiger partial charge in [-0.2, -0.15) is 0 Å². The summed E-state index contributed by atoms with van der Waals surface area (Å²) in [5, 5.41) is 6.56. The number of nitrogens with zero attached hydrogens (tertiary/aromatic N) is 2. The molecule has 0 aromatic heterocycles. The minimum atomic E-state index is -2.96. The average Bonchev–Trinajstić information content (AvgIpc) is 2.58. The number of ether oxygens (including phenoxy) is 1. The topological polar surface area (TPSA) is 83.0 Å². The summed E-state index contributed by atoms with van der Waals surface area (Å²) in [6.45, 7) is 2.58. The van der Waals surface area contributed by atoms with Crippen LogP contribution in [0.25, 0.3) is 0 Å². The van der Waals surface area contributed by atoms with Gasteiger partial charge in [-0.05, 0) is 33.5 Å². The maximum atomic E-state index is 11.3. The number of hydrogen-bond acceptors (Lipinski definition) is 5. The Morgan fingerprint density at radius 3 is 2.50 bits per heavy atom. The first kappa shape index (κ1) is 22.2. The molecule has 2 unspecified atom stereocenters. The molecule has 0 bridgehead atoms. The molecule has 1 aromatic carbocycles. The molecule has 8 heteroatoms. The lowest BCUT2D eigenvalue weighted by Gasteiger charge is -2.28. The summed E-state index contributed by atoms with van der Waals surface area (Å²) in [7, 11) is 4.44. The molecule has 0 aliphatic carbocycles. The number of hydrogen-bond donors (Lipinski definition) is 2. The zero-order valence-electron chi connectivity index (χ0n) is 16.6. The second kappa shape index (κ2) is 10.4. The number of rotatable bonds is 9. The highest BCUT2D eigenvalue weighted by atomic mass is 32.2. The van der Waals surface area contributed by atoms with Crippen LogP contribution in [-0.2, 0) is 9.84 Å². The molecule has 0 saturated carbocycles. The molecule has 0 fully saturated rings. The first-order chi connectivity index (χ1) is 12.2. The van der Waals surface area contributed by atoms with E-state index in [1.807, 2.05) is 39.2 Å². The molecule has 0 spiro atoms. The van der Waals surface area contributed by atoms with E-state index in [0.717, 1.165) is 11.3 Å². The van der Waals surface area contributed by atoms with E-state index in [1.165, 1.54) is 6.26 Å². The van der Waals surface area contributed by atoms with Gasteiger partial charge in [-0.15, -0.1) is 0 Å². The maximum absolute atomic E-state index is 11.3. The molecular formula is C18H32N4O3S. The normalized spacial score (nSPS) is 14.8. The third-order valence-electron chi connectivity index (χ3n) is 4.11. The molecule has 0 aliphatic rings. The van der Waals surface area contributed by atoms with Crippen molar-refractivity contribution in [1.29, 1.82) is 0 Å². The van der Waals surface area contributed by atoms with Crippen LogP contribution in [0.15, 0.2) is 29.3 Å². The number of nitrogens with one attached hydrogen (secondary N) is 2. The van der Waals surface area contributed by atoms with Crippen LogP contribution in [0.4, 0.5) is 0 Å². The lowest BCUT2D eigenvalue weighted by Crippen LogP contribution is -2.45. The van der Waals surface area contributed by atoms with Crippen molar-refractivity contribution in [1.82, 2.24) is 15.5 Å². The Morgan fingerprint density at radius 1 is 1.31 bits per heavy atom. The van der Waals surface area contributed by atoms with Gasteiger partial charge in [-0.1, -0.05) is 18.2 Å². The van der Waals surface area contributed by atoms with Crippen molar-refractivity contribution in [3.63, 3.8) is 0 Å². The van der Waals surface area contributed by atoms with Crippen molar-refractivity contribution in [2.24, 2.45) is 4.99 Å². The number of sulfone groups is 1. The van der Waals surface area contributed by atoms with E-state index in [9.17, 15) is 8.42 Å². The van der Waals surface area contributed by atoms with Crippen LogP contribution in [0.2, 0.25) is 0 Å². The summed E-state index contributed by atoms with van der Waals surface area (Å²) < 4.78 is 28.1. The number of methoxy groups -OCH3 is 1. The van der Waals surface area contributed by atoms with E-state index in [1.54, 1.807) is 14.2 Å². The molecule has 1 aromatic rings. The van der Waals surface area contributed by atoms with Gasteiger partial charge in [-0.25, -0.2) is 8.42 Å². The largest absolute Gasteiger partial charge is 0.496 e. The van der Waals surface area contributed by atoms with Crippen molar-refractivity contribution >= 4 is 15.8 Å². The zero-order chi connectivity index (χ0) is 19.7. The van der Waals surface area contributed by atoms with Crippen LogP contribution >= 0.6 is 0 Å². The summed E-state index contributed by atoms with van der Waals surface area (Å²) in [5.74, 6) is 1.64. The summed E-state index contributed by atoms with van der Waals surface area (Å²) in [6.07, 6.45) is 1.78. The van der Waals surface area contributed by atoms with Crippen molar-refractivity contribution in [2.75, 3.05) is 46.8 Å². The molecule has 7 nitrogen and oxygen atoms in total. The Morgan fingerprint density at radius 2 is 1.96 bits per heavy atom. The van der Waals surface area contributed by atoms with Gasteiger partial charge in [0.15, 0.2) is 5.96 Å². The van der Waals surface area contributed by atoms with E-state index >= 15 is 0 Å². The van der Waals surface area contributed by atoms with Crippen LogP contribution < -0.4 is 15.4 Å². The maximum Gasteiger partial charge on any atom is 0.191 e. The van der Waals surface area contributed by atoms with Gasteiger partial charge in [0.05, 0.1) is 18.9 Å². The third kappa shape index (κ3) is 7.61. The molecule has 0 radical (unpaired) electrons. The lowest BCUT2D eigenvalue weighted by molar-refractivity contribution is 0.287. The van der Waals surface area contributed by atoms with Crippen molar-refractivity contribution < 1.29 is 13.2 Å². The number of guanidine groups is 1. The van der Waals surface area contributed by atoms with Crippen LogP contribution in [-0.4, -0.2) is 72.1 Å². The molecule has 0 amide bonds. The Bertz CT molecular complexity index is 689. The highest BCUT2D eigenvalue weighted by Crippen LogP contribution is 2.27. The van der Waals surface area contributed by atoms with Crippen LogP contribution in [0.3, 0.4) is 0 Å². The second-order valence-electron chi connectivity index (χ2n) is 6.64. The Balaban J connectivity index is 2.72. The predicted octanol–water partition coefficient (Wildman–Crippen LogP) is 1.29. The quantitative estimate of drug-likeness (QED) is 0.493. The summed E-state index contributed by atoms with van der Waals surface area (Å²) in [4.78, 5) is 6.35. The van der Waals surface area contributed by atoms with Crippen molar-refractivity contribution in [3.8, 4) is 5.75 Å². The molecular weight excluding hydrogens is 352 g/mol. The fraction of sp³-hybridized carbons (Fsp3) is 0.611. The van der Waals surface area contributed by atoms with Crippen molar-refractivity contribution in [2.45, 2.75) is 25.4 Å². The summed E-state index contributed by atoms with van der Waals surface area (Å²) in [6, 6.07) is 8.04. The van der Waals surface area contributed by atoms with Crippen LogP contribution in [0.1, 0.15) is 24.9 Å². The molecule has 1 rings (SSSR count). The summed E-state index contributed by atoms with van der Waals surface area (Å²) >= 11 is 0. The SMILES string of the molecule is CN=C(NCC(c1ccccc1OC)N(C)C)NC(C)CCS(C)(=O)=O. The van der Waals surface area contributed by atoms with E-state index in [-0.39, 0.29) is 17.8 Å². The van der Waals surface area contributed by atoms with Gasteiger partial charge in [0.25, 0.3) is 0 Å². The molecule has 0 aliphatic heterocycles. The highest BCUT2D eigenvalue weighted by molar-refractivity contribution is 7.90. The van der Waals surface area contributed by atoms with Crippen LogP contribution in [0, 0.1) is 0 Å². The number of aliphatic imine (C=N–C) groups is 1. The van der Waals surface area contributed by atoms with E-state index < -0.39 is 9.84 Å². The molecule has 26 heavy (non-hydrogen) atoms. The highest BCUT2D eigenvalue weighted by Gasteiger charge is 2.19. The molecule has 0 heterocycles. The molecule has 2 atom stereocenters. The average molecular weight is 385 g/mol. The first-order valence-electron chi connectivity index (χ1n) is 8.62. The molecule has 2 N–H and O–H groups in total. The lowest BCUT2D eigenvalue weighted by atomic mass is 10.0. The van der Waals surface area contributed by atoms with E-state index in [4.69, 9.17) is 4.74 Å². The second-order valence-corrected chi connectivity index (χ2v) is 8.90. The number of benzene rings is 1. The Labute approximate surface area is 157 Å². The zero-order valence-corrected chi connectivity index (χ0v) is 17.4. The standard InChI is InChI=1S/C18H32N4O3S/c1-14(11-12-26(6,23)24)21-18(19-2)20-13-16(22(3)4)15-9-7-8-10-17(15)25-5/h7-10,14,16H,11-13H2,1-6H3,(H2,19,20,21). The fourth-order valence-corrected chi connectivity index (χ4v) is 3.38. The number of para-hydroxylation sites is 1. The minimum absolute atomic E-state index is 0.00000693. The Hall–Kier alpha value is -1.80. The van der Waals surface area contributed by atoms with Gasteiger partial charge >= 0.3 is 0 Å². The molecule has 148 valence electrons. The van der Waals surface area contributed by atoms with E-state index in [0.29, 0.717) is 18.9 Å². The van der Waals surface area contributed by atoms with Gasteiger partial charge in [0.2, 0.25) is 0 Å². The smallest absolute Gasteiger partial charge is 0.191 e. The first-order valence-corrected chi connectivity index (χ1v) is 10.7. The van der Waals surface area contributed by atoms with E-state index in [2.05, 4.69) is 26.6 Å². The van der Waals surface area contributed by atoms with Gasteiger partial charge in [0.1, 0.15) is 15.6 Å². The van der Waals surface area contributed by atoms with Gasteiger partial charge in [0, 0.05) is 31.5 Å². The summed E-state index contributed by atoms with van der Waals surface area (Å²) in [5.41, 5.74) is 1.09. The Kier molecular flexibility index (Phi) is 8.87. The monoisotopic (exact) mass is 384 g/mol. The van der Waals surface area contributed by atoms with Crippen LogP contribution in [0.5, 0.6) is 5.75 Å². The third-order valence-corrected chi connectivity index (χ3v) is 5.09. The van der Waals surface area contributed by atoms with Gasteiger partial charge < -0.3 is 20.3 Å². The fourth-order valence-electron chi connectivity index (χ4n) is 2.60. The van der Waals surface area contributed by atoms with Crippen molar-refractivity contribution in [3.05, 3.63) is 29.8 Å². The minimum Gasteiger partial charge on any atom is -0.496 e. The number of likely N-dealkylation sites (N-methyl/N-ethyl adjacent to an activating group) is 1. The predicted molar refractivity (Wildman–Crippen MR) is 108 cm³/mol. The molecule has 0 saturated heterocycles.